The molecule has 0 aliphatic rings. The van der Waals surface area contributed by atoms with Crippen LogP contribution in [-0.2, 0) is 4.74 Å². The van der Waals surface area contributed by atoms with Gasteiger partial charge in [-0.15, -0.1) is 0 Å². The highest BCUT2D eigenvalue weighted by Crippen LogP contribution is 2.26. The second-order valence-electron chi connectivity index (χ2n) is 8.75. The molecule has 3 aromatic rings. The van der Waals surface area contributed by atoms with Crippen LogP contribution < -0.4 is 4.74 Å². The van der Waals surface area contributed by atoms with Gasteiger partial charge in [0.25, 0.3) is 0 Å². The molecule has 0 spiro atoms. The summed E-state index contributed by atoms with van der Waals surface area (Å²) >= 11 is 0. The Bertz CT molecular complexity index is 1030. The molecule has 0 saturated carbocycles. The number of hydrogen-bond acceptors (Lipinski definition) is 4. The largest absolute Gasteiger partial charge is 0.490 e. The van der Waals surface area contributed by atoms with Gasteiger partial charge in [-0.1, -0.05) is 74.9 Å². The lowest BCUT2D eigenvalue weighted by molar-refractivity contribution is 0.0566. The lowest BCUT2D eigenvalue weighted by Gasteiger charge is -2.11. The maximum absolute atomic E-state index is 5.86. The molecular weight excluding hydrogens is 432 g/mol. The number of hydrogen-bond donors (Lipinski definition) is 0. The normalized spacial score (nSPS) is 12.1. The summed E-state index contributed by atoms with van der Waals surface area (Å²) in [6.45, 7) is 9.45. The van der Waals surface area contributed by atoms with Crippen molar-refractivity contribution in [2.75, 3.05) is 13.2 Å². The van der Waals surface area contributed by atoms with Crippen molar-refractivity contribution >= 4 is 6.08 Å². The van der Waals surface area contributed by atoms with Crippen molar-refractivity contribution in [2.45, 2.75) is 58.5 Å². The van der Waals surface area contributed by atoms with Gasteiger partial charge in [0, 0.05) is 24.6 Å². The maximum Gasteiger partial charge on any atom is 0.151 e. The molecule has 0 fully saturated rings. The van der Waals surface area contributed by atoms with E-state index in [-0.39, 0.29) is 0 Å². The van der Waals surface area contributed by atoms with Gasteiger partial charge >= 0.3 is 0 Å². The standard InChI is InChI=1S/C31H38N2O2/c1-4-6-10-22-34-25(3)11-8-7-9-12-31-32-23-29(24-33-31)28-15-13-26(14-16-28)27-17-19-30(20-18-27)35-21-5-2/h5,9,12-20,23-25H,2,4,6-8,10-11,21-22H2,1,3H3. The van der Waals surface area contributed by atoms with E-state index in [0.29, 0.717) is 12.7 Å². The van der Waals surface area contributed by atoms with Crippen LogP contribution in [0.3, 0.4) is 0 Å². The van der Waals surface area contributed by atoms with Gasteiger partial charge in [-0.25, -0.2) is 9.97 Å². The van der Waals surface area contributed by atoms with Gasteiger partial charge in [-0.2, -0.15) is 0 Å². The predicted molar refractivity (Wildman–Crippen MR) is 146 cm³/mol. The van der Waals surface area contributed by atoms with Crippen LogP contribution in [-0.4, -0.2) is 29.3 Å². The van der Waals surface area contributed by atoms with Crippen LogP contribution in [0.15, 0.2) is 79.7 Å². The summed E-state index contributed by atoms with van der Waals surface area (Å²) in [5, 5.41) is 0. The summed E-state index contributed by atoms with van der Waals surface area (Å²) in [5.74, 6) is 1.59. The summed E-state index contributed by atoms with van der Waals surface area (Å²) in [7, 11) is 0. The van der Waals surface area contributed by atoms with E-state index in [2.05, 4.69) is 72.9 Å². The first-order valence-corrected chi connectivity index (χ1v) is 12.7. The predicted octanol–water partition coefficient (Wildman–Crippen LogP) is 8.15. The first kappa shape index (κ1) is 26.4. The van der Waals surface area contributed by atoms with Gasteiger partial charge < -0.3 is 9.47 Å². The molecule has 35 heavy (non-hydrogen) atoms. The Hall–Kier alpha value is -3.24. The second kappa shape index (κ2) is 14.9. The van der Waals surface area contributed by atoms with Crippen molar-refractivity contribution < 1.29 is 9.47 Å². The fourth-order valence-electron chi connectivity index (χ4n) is 3.76. The van der Waals surface area contributed by atoms with E-state index in [4.69, 9.17) is 9.47 Å². The SMILES string of the molecule is C=CCOc1ccc(-c2ccc(-c3cnc(C=CCCCC(C)OCCCCC)nc3)cc2)cc1. The fraction of sp³-hybridized carbons (Fsp3) is 0.355. The molecule has 1 atom stereocenters. The molecule has 1 heterocycles. The van der Waals surface area contributed by atoms with Gasteiger partial charge in [-0.05, 0) is 67.5 Å². The number of benzene rings is 2. The third-order valence-corrected chi connectivity index (χ3v) is 5.84. The first-order valence-electron chi connectivity index (χ1n) is 12.7. The maximum atomic E-state index is 5.86. The minimum atomic E-state index is 0.331. The number of unbranched alkanes of at least 4 members (excludes halogenated alkanes) is 3. The van der Waals surface area contributed by atoms with Crippen LogP contribution in [0, 0.1) is 0 Å². The van der Waals surface area contributed by atoms with Crippen LogP contribution in [0.2, 0.25) is 0 Å². The smallest absolute Gasteiger partial charge is 0.151 e. The Kier molecular flexibility index (Phi) is 11.2. The molecule has 4 heteroatoms. The van der Waals surface area contributed by atoms with Gasteiger partial charge in [0.2, 0.25) is 0 Å². The average molecular weight is 471 g/mol. The van der Waals surface area contributed by atoms with E-state index >= 15 is 0 Å². The highest BCUT2D eigenvalue weighted by molar-refractivity contribution is 5.70. The van der Waals surface area contributed by atoms with Gasteiger partial charge in [0.05, 0.1) is 6.10 Å². The Morgan fingerprint density at radius 1 is 0.857 bits per heavy atom. The van der Waals surface area contributed by atoms with Crippen molar-refractivity contribution in [1.82, 2.24) is 9.97 Å². The lowest BCUT2D eigenvalue weighted by Crippen LogP contribution is -2.08. The number of ether oxygens (including phenoxy) is 2. The van der Waals surface area contributed by atoms with Crippen LogP contribution in [0.1, 0.15) is 58.2 Å². The zero-order valence-electron chi connectivity index (χ0n) is 21.2. The molecule has 0 radical (unpaired) electrons. The molecule has 0 aliphatic carbocycles. The van der Waals surface area contributed by atoms with Crippen LogP contribution in [0.4, 0.5) is 0 Å². The van der Waals surface area contributed by atoms with Crippen molar-refractivity contribution in [2.24, 2.45) is 0 Å². The number of nitrogens with zero attached hydrogens (tertiary/aromatic N) is 2. The zero-order chi connectivity index (χ0) is 24.7. The van der Waals surface area contributed by atoms with Gasteiger partial charge in [-0.3, -0.25) is 0 Å². The Labute approximate surface area is 210 Å². The third-order valence-electron chi connectivity index (χ3n) is 5.84. The molecular formula is C31H38N2O2. The lowest BCUT2D eigenvalue weighted by atomic mass is 10.0. The van der Waals surface area contributed by atoms with E-state index in [0.717, 1.165) is 59.7 Å². The second-order valence-corrected chi connectivity index (χ2v) is 8.75. The Morgan fingerprint density at radius 3 is 2.11 bits per heavy atom. The van der Waals surface area contributed by atoms with Gasteiger partial charge in [0.1, 0.15) is 12.4 Å². The number of rotatable bonds is 15. The van der Waals surface area contributed by atoms with Gasteiger partial charge in [0.15, 0.2) is 5.82 Å². The van der Waals surface area contributed by atoms with Crippen LogP contribution in [0.5, 0.6) is 5.75 Å². The van der Waals surface area contributed by atoms with Crippen molar-refractivity contribution in [1.29, 1.82) is 0 Å². The fourth-order valence-corrected chi connectivity index (χ4v) is 3.76. The average Bonchev–Trinajstić information content (AvgIpc) is 2.90. The summed E-state index contributed by atoms with van der Waals surface area (Å²) in [5.41, 5.74) is 4.42. The Morgan fingerprint density at radius 2 is 1.49 bits per heavy atom. The molecule has 1 unspecified atom stereocenters. The highest BCUT2D eigenvalue weighted by atomic mass is 16.5. The molecule has 0 saturated heterocycles. The minimum absolute atomic E-state index is 0.331. The molecule has 2 aromatic carbocycles. The van der Waals surface area contributed by atoms with E-state index in [1.165, 1.54) is 19.3 Å². The number of allylic oxidation sites excluding steroid dienone is 1. The third kappa shape index (κ3) is 9.14. The quantitative estimate of drug-likeness (QED) is 0.166. The van der Waals surface area contributed by atoms with E-state index in [1.54, 1.807) is 6.08 Å². The van der Waals surface area contributed by atoms with Crippen LogP contribution >= 0.6 is 0 Å². The van der Waals surface area contributed by atoms with Crippen molar-refractivity contribution in [3.63, 3.8) is 0 Å². The molecule has 3 rings (SSSR count). The Balaban J connectivity index is 1.45. The van der Waals surface area contributed by atoms with E-state index in [9.17, 15) is 0 Å². The summed E-state index contributed by atoms with van der Waals surface area (Å²) in [4.78, 5) is 9.03. The molecule has 0 aliphatic heterocycles. The molecule has 0 bridgehead atoms. The molecule has 184 valence electrons. The molecule has 0 amide bonds. The summed E-state index contributed by atoms with van der Waals surface area (Å²) < 4.78 is 11.4. The molecule has 4 nitrogen and oxygen atoms in total. The van der Waals surface area contributed by atoms with E-state index < -0.39 is 0 Å². The summed E-state index contributed by atoms with van der Waals surface area (Å²) in [6.07, 6.45) is 16.9. The first-order chi connectivity index (χ1) is 17.2. The van der Waals surface area contributed by atoms with Crippen molar-refractivity contribution in [3.05, 3.63) is 85.5 Å². The number of aromatic nitrogens is 2. The topological polar surface area (TPSA) is 44.2 Å². The summed E-state index contributed by atoms with van der Waals surface area (Å²) in [6, 6.07) is 16.6. The molecule has 1 aromatic heterocycles. The molecule has 0 N–H and O–H groups in total. The minimum Gasteiger partial charge on any atom is -0.490 e. The van der Waals surface area contributed by atoms with Crippen molar-refractivity contribution in [3.8, 4) is 28.0 Å². The van der Waals surface area contributed by atoms with E-state index in [1.807, 2.05) is 30.6 Å². The monoisotopic (exact) mass is 470 g/mol. The highest BCUT2D eigenvalue weighted by Gasteiger charge is 2.03. The zero-order valence-corrected chi connectivity index (χ0v) is 21.2. The van der Waals surface area contributed by atoms with Crippen LogP contribution in [0.25, 0.3) is 28.3 Å².